The number of allylic oxidation sites excluding steroid dienone is 13. The van der Waals surface area contributed by atoms with Crippen molar-refractivity contribution >= 4 is 12.3 Å². The zero-order chi connectivity index (χ0) is 33.7. The summed E-state index contributed by atoms with van der Waals surface area (Å²) in [5.41, 5.74) is 2.63. The molecule has 0 amide bonds. The third-order valence-electron chi connectivity index (χ3n) is 6.93. The summed E-state index contributed by atoms with van der Waals surface area (Å²) in [7, 11) is 0. The van der Waals surface area contributed by atoms with Crippen molar-refractivity contribution in [3.63, 3.8) is 0 Å². The van der Waals surface area contributed by atoms with Gasteiger partial charge in [0.05, 0.1) is 13.2 Å². The SMILES string of the molecule is C\C(C=O)=C/C=C/C(C)=C/C=C/C=C(C)/C=C/C=C(\C)C(=O)O[C@@H]1OC(CO[C@@H]2OC(CO)[C@@H](O)C(O)C2O)[C@@H](O)C(O)C1O. The van der Waals surface area contributed by atoms with Crippen molar-refractivity contribution in [3.05, 3.63) is 83.1 Å². The first-order valence-corrected chi connectivity index (χ1v) is 14.3. The molecule has 45 heavy (non-hydrogen) atoms. The summed E-state index contributed by atoms with van der Waals surface area (Å²) in [6, 6.07) is 0. The Hall–Kier alpha value is -3.08. The molecule has 0 saturated carbocycles. The summed E-state index contributed by atoms with van der Waals surface area (Å²) in [6.45, 7) is 5.74. The molecule has 13 nitrogen and oxygen atoms in total. The van der Waals surface area contributed by atoms with Gasteiger partial charge in [0, 0.05) is 5.57 Å². The first-order valence-electron chi connectivity index (χ1n) is 14.3. The molecule has 2 aliphatic rings. The number of hydrogen-bond acceptors (Lipinski definition) is 13. The minimum atomic E-state index is -1.79. The maximum absolute atomic E-state index is 12.6. The number of aldehydes is 1. The lowest BCUT2D eigenvalue weighted by Gasteiger charge is -2.42. The highest BCUT2D eigenvalue weighted by atomic mass is 16.7. The van der Waals surface area contributed by atoms with Crippen molar-refractivity contribution in [1.82, 2.24) is 0 Å². The normalized spacial score (nSPS) is 34.2. The fourth-order valence-electron chi connectivity index (χ4n) is 4.07. The van der Waals surface area contributed by atoms with Gasteiger partial charge in [0.1, 0.15) is 55.1 Å². The van der Waals surface area contributed by atoms with Gasteiger partial charge in [-0.15, -0.1) is 0 Å². The average molecular weight is 637 g/mol. The van der Waals surface area contributed by atoms with Crippen molar-refractivity contribution in [1.29, 1.82) is 0 Å². The zero-order valence-electron chi connectivity index (χ0n) is 25.6. The zero-order valence-corrected chi connectivity index (χ0v) is 25.6. The van der Waals surface area contributed by atoms with Crippen molar-refractivity contribution in [2.45, 2.75) is 89.1 Å². The molecule has 0 spiro atoms. The van der Waals surface area contributed by atoms with E-state index >= 15 is 0 Å². The molecule has 7 N–H and O–H groups in total. The Labute approximate surface area is 262 Å². The molecule has 0 bridgehead atoms. The molecule has 0 aromatic rings. The molecule has 2 fully saturated rings. The van der Waals surface area contributed by atoms with Crippen LogP contribution in [-0.4, -0.2) is 123 Å². The van der Waals surface area contributed by atoms with Gasteiger partial charge in [-0.1, -0.05) is 71.9 Å². The lowest BCUT2D eigenvalue weighted by atomic mass is 9.98. The van der Waals surface area contributed by atoms with E-state index in [0.29, 0.717) is 5.57 Å². The van der Waals surface area contributed by atoms with Crippen LogP contribution in [0.1, 0.15) is 27.7 Å². The van der Waals surface area contributed by atoms with E-state index in [1.54, 1.807) is 31.2 Å². The summed E-state index contributed by atoms with van der Waals surface area (Å²) >= 11 is 0. The lowest BCUT2D eigenvalue weighted by molar-refractivity contribution is -0.326. The van der Waals surface area contributed by atoms with Crippen LogP contribution in [0.15, 0.2) is 83.1 Å². The van der Waals surface area contributed by atoms with E-state index in [2.05, 4.69) is 0 Å². The number of aliphatic hydroxyl groups is 7. The lowest BCUT2D eigenvalue weighted by Crippen LogP contribution is -2.61. The predicted molar refractivity (Wildman–Crippen MR) is 161 cm³/mol. The molecule has 2 rings (SSSR count). The van der Waals surface area contributed by atoms with Crippen LogP contribution in [0.2, 0.25) is 0 Å². The van der Waals surface area contributed by atoms with E-state index < -0.39 is 80.6 Å². The third-order valence-corrected chi connectivity index (χ3v) is 6.93. The molecule has 2 aliphatic heterocycles. The summed E-state index contributed by atoms with van der Waals surface area (Å²) in [5.74, 6) is -0.866. The molecule has 2 saturated heterocycles. The number of carbonyl (C=O) groups excluding carboxylic acids is 2. The van der Waals surface area contributed by atoms with E-state index in [1.165, 1.54) is 13.0 Å². The molecule has 0 aromatic carbocycles. The van der Waals surface area contributed by atoms with E-state index in [9.17, 15) is 45.3 Å². The number of carbonyl (C=O) groups is 2. The smallest absolute Gasteiger partial charge is 0.336 e. The van der Waals surface area contributed by atoms with Crippen molar-refractivity contribution in [2.75, 3.05) is 13.2 Å². The van der Waals surface area contributed by atoms with Crippen molar-refractivity contribution in [2.24, 2.45) is 0 Å². The monoisotopic (exact) mass is 636 g/mol. The Kier molecular flexibility index (Phi) is 15.9. The van der Waals surface area contributed by atoms with Gasteiger partial charge in [-0.05, 0) is 33.3 Å². The molecule has 250 valence electrons. The number of hydrogen-bond donors (Lipinski definition) is 7. The molecular formula is C32H44O13. The number of ether oxygens (including phenoxy) is 4. The fourth-order valence-corrected chi connectivity index (χ4v) is 4.07. The summed E-state index contributed by atoms with van der Waals surface area (Å²) in [5, 5.41) is 70.2. The standard InChI is InChI=1S/C32H44O13/c1-18(11-7-13-20(3)15-33)9-5-6-10-19(2)12-8-14-21(4)30(41)45-32-29(40)27(38)25(36)23(44-32)17-42-31-28(39)26(37)24(35)22(16-34)43-31/h5-15,22-29,31-32,34-40H,16-17H2,1-4H3/b6-5+,11-7+,12-8+,18-9+,19-10+,20-13+,21-14+/t22?,23?,24-,25-,26?,27?,28?,29?,31-,32+/m1/s1. The molecule has 6 unspecified atom stereocenters. The predicted octanol–water partition coefficient (Wildman–Crippen LogP) is -0.194. The van der Waals surface area contributed by atoms with Crippen LogP contribution < -0.4 is 0 Å². The fraction of sp³-hybridized carbons (Fsp3) is 0.500. The first-order chi connectivity index (χ1) is 21.3. The molecule has 0 radical (unpaired) electrons. The van der Waals surface area contributed by atoms with Gasteiger partial charge in [-0.3, -0.25) is 4.79 Å². The number of rotatable bonds is 13. The highest BCUT2D eigenvalue weighted by molar-refractivity contribution is 5.88. The van der Waals surface area contributed by atoms with Gasteiger partial charge in [0.2, 0.25) is 6.29 Å². The highest BCUT2D eigenvalue weighted by Crippen LogP contribution is 2.26. The van der Waals surface area contributed by atoms with Crippen LogP contribution in [0.5, 0.6) is 0 Å². The van der Waals surface area contributed by atoms with E-state index in [1.807, 2.05) is 44.2 Å². The highest BCUT2D eigenvalue weighted by Gasteiger charge is 2.48. The second-order valence-corrected chi connectivity index (χ2v) is 10.8. The topological polar surface area (TPSA) is 213 Å². The van der Waals surface area contributed by atoms with Crippen LogP contribution >= 0.6 is 0 Å². The van der Waals surface area contributed by atoms with Gasteiger partial charge in [0.25, 0.3) is 0 Å². The van der Waals surface area contributed by atoms with Crippen LogP contribution in [0.25, 0.3) is 0 Å². The molecule has 0 aromatic heterocycles. The maximum atomic E-state index is 12.6. The van der Waals surface area contributed by atoms with Gasteiger partial charge >= 0.3 is 5.97 Å². The molecule has 2 heterocycles. The Balaban J connectivity index is 1.95. The van der Waals surface area contributed by atoms with E-state index in [4.69, 9.17) is 18.9 Å². The minimum Gasteiger partial charge on any atom is -0.429 e. The summed E-state index contributed by atoms with van der Waals surface area (Å²) < 4.78 is 21.3. The van der Waals surface area contributed by atoms with Gasteiger partial charge < -0.3 is 54.7 Å². The summed E-state index contributed by atoms with van der Waals surface area (Å²) in [6.07, 6.45) is 2.39. The van der Waals surface area contributed by atoms with Gasteiger partial charge in [-0.25, -0.2) is 4.79 Å². The molecule has 13 heteroatoms. The molecule has 0 aliphatic carbocycles. The minimum absolute atomic E-state index is 0.143. The van der Waals surface area contributed by atoms with Gasteiger partial charge in [0.15, 0.2) is 6.29 Å². The first kappa shape index (κ1) is 38.1. The van der Waals surface area contributed by atoms with Crippen molar-refractivity contribution in [3.8, 4) is 0 Å². The van der Waals surface area contributed by atoms with Crippen LogP contribution in [0, 0.1) is 0 Å². The van der Waals surface area contributed by atoms with E-state index in [-0.39, 0.29) is 5.57 Å². The average Bonchev–Trinajstić information content (AvgIpc) is 3.02. The van der Waals surface area contributed by atoms with E-state index in [0.717, 1.165) is 17.4 Å². The van der Waals surface area contributed by atoms with Crippen LogP contribution in [0.4, 0.5) is 0 Å². The second kappa shape index (κ2) is 18.8. The third kappa shape index (κ3) is 11.7. The largest absolute Gasteiger partial charge is 0.429 e. The van der Waals surface area contributed by atoms with Crippen LogP contribution in [0.3, 0.4) is 0 Å². The maximum Gasteiger partial charge on any atom is 0.336 e. The molecular weight excluding hydrogens is 592 g/mol. The number of esters is 1. The Morgan fingerprint density at radius 3 is 1.69 bits per heavy atom. The van der Waals surface area contributed by atoms with Gasteiger partial charge in [-0.2, -0.15) is 0 Å². The Bertz CT molecular complexity index is 1200. The van der Waals surface area contributed by atoms with Crippen molar-refractivity contribution < 1.29 is 64.3 Å². The second-order valence-electron chi connectivity index (χ2n) is 10.8. The molecule has 10 atom stereocenters. The number of aliphatic hydroxyl groups excluding tert-OH is 7. The quantitative estimate of drug-likeness (QED) is 0.0605. The van der Waals surface area contributed by atoms with Crippen LogP contribution in [-0.2, 0) is 28.5 Å². The Morgan fingerprint density at radius 1 is 0.644 bits per heavy atom. The summed E-state index contributed by atoms with van der Waals surface area (Å²) in [4.78, 5) is 23.2. The Morgan fingerprint density at radius 2 is 1.13 bits per heavy atom.